The lowest BCUT2D eigenvalue weighted by atomic mass is 9.78. The number of rotatable bonds is 3. The minimum absolute atomic E-state index is 0.180. The van der Waals surface area contributed by atoms with Gasteiger partial charge in [-0.05, 0) is 45.3 Å². The molecule has 132 valence electrons. The summed E-state index contributed by atoms with van der Waals surface area (Å²) in [5.41, 5.74) is -1.78. The molecule has 1 aliphatic heterocycles. The van der Waals surface area contributed by atoms with E-state index in [0.29, 0.717) is 0 Å². The average Bonchev–Trinajstić information content (AvgIpc) is 2.64. The smallest absolute Gasteiger partial charge is 0.465 e. The van der Waals surface area contributed by atoms with Gasteiger partial charge in [-0.1, -0.05) is 0 Å². The first kappa shape index (κ1) is 18.9. The first-order valence-corrected chi connectivity index (χ1v) is 9.17. The molecule has 0 unspecified atom stereocenters. The number of esters is 1. The van der Waals surface area contributed by atoms with E-state index in [9.17, 15) is 17.6 Å². The van der Waals surface area contributed by atoms with Crippen LogP contribution in [0.4, 0.5) is 4.39 Å². The highest BCUT2D eigenvalue weighted by Gasteiger charge is 2.52. The fourth-order valence-corrected chi connectivity index (χ4v) is 3.21. The first-order chi connectivity index (χ1) is 10.8. The number of halogens is 1. The Kier molecular flexibility index (Phi) is 4.58. The Morgan fingerprint density at radius 3 is 2.08 bits per heavy atom. The maximum Gasteiger partial charge on any atom is 0.494 e. The Hall–Kier alpha value is -1.45. The molecule has 6 nitrogen and oxygen atoms in total. The summed E-state index contributed by atoms with van der Waals surface area (Å²) in [4.78, 5) is 11.3. The van der Waals surface area contributed by atoms with Crippen molar-refractivity contribution in [1.29, 1.82) is 0 Å². The van der Waals surface area contributed by atoms with Crippen LogP contribution < -0.4 is 5.46 Å². The molecule has 0 radical (unpaired) electrons. The topological polar surface area (TPSA) is 78.9 Å². The second kappa shape index (κ2) is 5.82. The minimum atomic E-state index is -3.87. The van der Waals surface area contributed by atoms with Gasteiger partial charge in [0.15, 0.2) is 9.84 Å². The summed E-state index contributed by atoms with van der Waals surface area (Å²) in [6.45, 7) is 7.29. The number of sulfone groups is 1. The van der Waals surface area contributed by atoms with Crippen molar-refractivity contribution in [3.8, 4) is 0 Å². The fraction of sp³-hybridized carbons (Fsp3) is 0.533. The van der Waals surface area contributed by atoms with E-state index in [1.165, 1.54) is 6.07 Å². The first-order valence-electron chi connectivity index (χ1n) is 7.27. The number of ether oxygens (including phenoxy) is 1. The third kappa shape index (κ3) is 3.20. The van der Waals surface area contributed by atoms with E-state index in [0.717, 1.165) is 19.4 Å². The highest BCUT2D eigenvalue weighted by Crippen LogP contribution is 2.36. The second-order valence-electron chi connectivity index (χ2n) is 6.73. The number of carbonyl (C=O) groups is 1. The summed E-state index contributed by atoms with van der Waals surface area (Å²) < 4.78 is 54.5. The summed E-state index contributed by atoms with van der Waals surface area (Å²) >= 11 is 0. The summed E-state index contributed by atoms with van der Waals surface area (Å²) in [6.07, 6.45) is 0.891. The lowest BCUT2D eigenvalue weighted by Crippen LogP contribution is -2.41. The van der Waals surface area contributed by atoms with Crippen LogP contribution in [0.15, 0.2) is 17.0 Å². The third-order valence-corrected chi connectivity index (χ3v) is 5.51. The maximum atomic E-state index is 14.4. The summed E-state index contributed by atoms with van der Waals surface area (Å²) in [6, 6.07) is 2.22. The van der Waals surface area contributed by atoms with Crippen molar-refractivity contribution in [2.45, 2.75) is 43.8 Å². The van der Waals surface area contributed by atoms with Crippen LogP contribution >= 0.6 is 0 Å². The predicted molar refractivity (Wildman–Crippen MR) is 86.6 cm³/mol. The number of hydrogen-bond donors (Lipinski definition) is 0. The third-order valence-electron chi connectivity index (χ3n) is 4.39. The molecule has 1 fully saturated rings. The highest BCUT2D eigenvalue weighted by molar-refractivity contribution is 7.90. The Labute approximate surface area is 141 Å². The fourth-order valence-electron chi connectivity index (χ4n) is 2.31. The van der Waals surface area contributed by atoms with Gasteiger partial charge in [0.25, 0.3) is 0 Å². The van der Waals surface area contributed by atoms with E-state index in [1.807, 2.05) is 27.7 Å². The summed E-state index contributed by atoms with van der Waals surface area (Å²) in [5.74, 6) is -2.07. The molecule has 0 aromatic heterocycles. The highest BCUT2D eigenvalue weighted by atomic mass is 32.2. The Bertz CT molecular complexity index is 771. The van der Waals surface area contributed by atoms with Crippen molar-refractivity contribution in [3.05, 3.63) is 23.5 Å². The quantitative estimate of drug-likeness (QED) is 0.599. The van der Waals surface area contributed by atoms with E-state index in [-0.39, 0.29) is 5.46 Å². The van der Waals surface area contributed by atoms with Crippen LogP contribution in [0.2, 0.25) is 0 Å². The molecule has 0 amide bonds. The molecule has 0 saturated carbocycles. The van der Waals surface area contributed by atoms with Gasteiger partial charge in [0, 0.05) is 6.26 Å². The second-order valence-corrected chi connectivity index (χ2v) is 8.71. The van der Waals surface area contributed by atoms with Crippen LogP contribution in [0.5, 0.6) is 0 Å². The van der Waals surface area contributed by atoms with Crippen LogP contribution in [0.3, 0.4) is 0 Å². The van der Waals surface area contributed by atoms with Gasteiger partial charge in [-0.3, -0.25) is 0 Å². The van der Waals surface area contributed by atoms with Gasteiger partial charge < -0.3 is 14.0 Å². The van der Waals surface area contributed by atoms with Crippen molar-refractivity contribution in [2.24, 2.45) is 0 Å². The minimum Gasteiger partial charge on any atom is -0.465 e. The number of carbonyl (C=O) groups excluding carboxylic acids is 1. The zero-order chi connectivity index (χ0) is 18.5. The summed E-state index contributed by atoms with van der Waals surface area (Å²) in [5, 5.41) is 0. The van der Waals surface area contributed by atoms with Crippen LogP contribution in [-0.2, 0) is 23.9 Å². The summed E-state index contributed by atoms with van der Waals surface area (Å²) in [7, 11) is -3.77. The van der Waals surface area contributed by atoms with Crippen molar-refractivity contribution in [3.63, 3.8) is 0 Å². The van der Waals surface area contributed by atoms with E-state index >= 15 is 0 Å². The van der Waals surface area contributed by atoms with Crippen molar-refractivity contribution < 1.29 is 31.6 Å². The van der Waals surface area contributed by atoms with E-state index in [1.54, 1.807) is 0 Å². The van der Waals surface area contributed by atoms with Crippen LogP contribution in [0.1, 0.15) is 38.1 Å². The molecule has 0 atom stereocenters. The Morgan fingerprint density at radius 2 is 1.67 bits per heavy atom. The molecule has 24 heavy (non-hydrogen) atoms. The van der Waals surface area contributed by atoms with E-state index in [2.05, 4.69) is 4.74 Å². The van der Waals surface area contributed by atoms with Crippen molar-refractivity contribution in [2.75, 3.05) is 13.4 Å². The SMILES string of the molecule is COC(=O)c1c(F)cc(B2OC(C)(C)C(C)(C)O2)cc1S(C)(=O)=O. The Morgan fingerprint density at radius 1 is 1.17 bits per heavy atom. The molecular formula is C15H20BFO6S. The van der Waals surface area contributed by atoms with E-state index in [4.69, 9.17) is 9.31 Å². The molecule has 1 aromatic carbocycles. The largest absolute Gasteiger partial charge is 0.494 e. The van der Waals surface area contributed by atoms with Gasteiger partial charge in [-0.15, -0.1) is 0 Å². The predicted octanol–water partition coefficient (Wildman–Crippen LogP) is 1.31. The molecule has 0 bridgehead atoms. The normalized spacial score (nSPS) is 19.4. The molecular weight excluding hydrogens is 338 g/mol. The van der Waals surface area contributed by atoms with Gasteiger partial charge in [0.1, 0.15) is 11.4 Å². The number of hydrogen-bond acceptors (Lipinski definition) is 6. The van der Waals surface area contributed by atoms with Crippen LogP contribution in [0, 0.1) is 5.82 Å². The zero-order valence-corrected chi connectivity index (χ0v) is 15.3. The standard InChI is InChI=1S/C15H20BFO6S/c1-14(2)15(3,4)23-16(22-14)9-7-10(17)12(13(18)21-5)11(8-9)24(6,19)20/h7-8H,1-6H3. The molecule has 1 heterocycles. The lowest BCUT2D eigenvalue weighted by Gasteiger charge is -2.32. The lowest BCUT2D eigenvalue weighted by molar-refractivity contribution is 0.00578. The van der Waals surface area contributed by atoms with Gasteiger partial charge in [-0.2, -0.15) is 0 Å². The number of methoxy groups -OCH3 is 1. The molecule has 2 rings (SSSR count). The molecule has 0 aliphatic carbocycles. The van der Waals surface area contributed by atoms with Gasteiger partial charge in [0.2, 0.25) is 0 Å². The van der Waals surface area contributed by atoms with Gasteiger partial charge >= 0.3 is 13.1 Å². The monoisotopic (exact) mass is 358 g/mol. The van der Waals surface area contributed by atoms with Gasteiger partial charge in [-0.25, -0.2) is 17.6 Å². The molecule has 0 N–H and O–H groups in total. The molecule has 9 heteroatoms. The van der Waals surface area contributed by atoms with Gasteiger partial charge in [0.05, 0.1) is 23.2 Å². The Balaban J connectivity index is 2.60. The molecule has 1 saturated heterocycles. The molecule has 1 aliphatic rings. The van der Waals surface area contributed by atoms with E-state index < -0.39 is 50.4 Å². The van der Waals surface area contributed by atoms with Crippen molar-refractivity contribution >= 4 is 28.4 Å². The molecule has 0 spiro atoms. The zero-order valence-electron chi connectivity index (χ0n) is 14.5. The average molecular weight is 358 g/mol. The van der Waals surface area contributed by atoms with Crippen LogP contribution in [-0.4, -0.2) is 46.1 Å². The maximum absolute atomic E-state index is 14.4. The van der Waals surface area contributed by atoms with Crippen LogP contribution in [0.25, 0.3) is 0 Å². The number of benzene rings is 1. The van der Waals surface area contributed by atoms with Crippen molar-refractivity contribution in [1.82, 2.24) is 0 Å². The molecule has 1 aromatic rings.